The summed E-state index contributed by atoms with van der Waals surface area (Å²) in [7, 11) is 1.65. The third-order valence-electron chi connectivity index (χ3n) is 3.22. The predicted molar refractivity (Wildman–Crippen MR) is 98.4 cm³/mol. The van der Waals surface area contributed by atoms with Crippen LogP contribution in [0.25, 0.3) is 0 Å². The van der Waals surface area contributed by atoms with Gasteiger partial charge in [-0.2, -0.15) is 0 Å². The maximum atomic E-state index is 5.64. The van der Waals surface area contributed by atoms with Crippen LogP contribution < -0.4 is 20.1 Å². The summed E-state index contributed by atoms with van der Waals surface area (Å²) >= 11 is 5.27. The summed E-state index contributed by atoms with van der Waals surface area (Å²) in [6.07, 6.45) is 1.98. The van der Waals surface area contributed by atoms with Crippen molar-refractivity contribution in [3.63, 3.8) is 0 Å². The Hall–Kier alpha value is -2.27. The van der Waals surface area contributed by atoms with Crippen LogP contribution in [0.3, 0.4) is 0 Å². The lowest BCUT2D eigenvalue weighted by atomic mass is 10.3. The maximum Gasteiger partial charge on any atom is 0.170 e. The second kappa shape index (κ2) is 9.69. The molecule has 2 rings (SSSR count). The van der Waals surface area contributed by atoms with Gasteiger partial charge in [0.25, 0.3) is 0 Å². The van der Waals surface area contributed by atoms with Gasteiger partial charge >= 0.3 is 0 Å². The van der Waals surface area contributed by atoms with Crippen LogP contribution in [0.2, 0.25) is 0 Å². The molecule has 0 saturated carbocycles. The number of rotatable bonds is 8. The molecule has 5 heteroatoms. The molecule has 0 unspecified atom stereocenters. The van der Waals surface area contributed by atoms with Crippen molar-refractivity contribution >= 4 is 23.0 Å². The van der Waals surface area contributed by atoms with E-state index in [1.54, 1.807) is 7.11 Å². The Kier molecular flexibility index (Phi) is 7.20. The molecule has 4 nitrogen and oxygen atoms in total. The zero-order chi connectivity index (χ0) is 16.3. The zero-order valence-corrected chi connectivity index (χ0v) is 14.1. The van der Waals surface area contributed by atoms with Gasteiger partial charge in [0.1, 0.15) is 11.5 Å². The molecule has 0 saturated heterocycles. The van der Waals surface area contributed by atoms with Crippen LogP contribution in [0.4, 0.5) is 5.69 Å². The molecule has 0 fully saturated rings. The highest BCUT2D eigenvalue weighted by molar-refractivity contribution is 7.80. The molecule has 2 aromatic rings. The van der Waals surface area contributed by atoms with Crippen molar-refractivity contribution in [2.45, 2.75) is 12.8 Å². The first-order valence-corrected chi connectivity index (χ1v) is 8.05. The van der Waals surface area contributed by atoms with Crippen LogP contribution in [0.1, 0.15) is 12.8 Å². The van der Waals surface area contributed by atoms with Gasteiger partial charge in [-0.05, 0) is 61.5 Å². The molecule has 23 heavy (non-hydrogen) atoms. The van der Waals surface area contributed by atoms with E-state index in [0.29, 0.717) is 11.7 Å². The molecule has 0 heterocycles. The monoisotopic (exact) mass is 330 g/mol. The van der Waals surface area contributed by atoms with E-state index in [1.165, 1.54) is 0 Å². The number of ether oxygens (including phenoxy) is 2. The Labute approximate surface area is 142 Å². The highest BCUT2D eigenvalue weighted by Crippen LogP contribution is 2.14. The minimum atomic E-state index is 0.624. The van der Waals surface area contributed by atoms with E-state index < -0.39 is 0 Å². The molecule has 0 atom stereocenters. The predicted octanol–water partition coefficient (Wildman–Crippen LogP) is 3.84. The van der Waals surface area contributed by atoms with Crippen molar-refractivity contribution in [2.75, 3.05) is 25.6 Å². The lowest BCUT2D eigenvalue weighted by molar-refractivity contribution is 0.307. The van der Waals surface area contributed by atoms with Gasteiger partial charge in [-0.15, -0.1) is 0 Å². The van der Waals surface area contributed by atoms with Crippen LogP contribution >= 0.6 is 12.2 Å². The Morgan fingerprint density at radius 1 is 0.957 bits per heavy atom. The van der Waals surface area contributed by atoms with E-state index in [4.69, 9.17) is 21.7 Å². The number of unbranched alkanes of at least 4 members (excludes halogenated alkanes) is 1. The van der Waals surface area contributed by atoms with Crippen molar-refractivity contribution < 1.29 is 9.47 Å². The van der Waals surface area contributed by atoms with Crippen LogP contribution in [0.5, 0.6) is 11.5 Å². The van der Waals surface area contributed by atoms with Gasteiger partial charge in [0.2, 0.25) is 0 Å². The van der Waals surface area contributed by atoms with E-state index in [9.17, 15) is 0 Å². The second-order valence-electron chi connectivity index (χ2n) is 4.98. The molecule has 0 bridgehead atoms. The number of nitrogens with one attached hydrogen (secondary N) is 2. The van der Waals surface area contributed by atoms with Crippen LogP contribution in [0, 0.1) is 0 Å². The van der Waals surface area contributed by atoms with Crippen molar-refractivity contribution in [2.24, 2.45) is 0 Å². The Morgan fingerprint density at radius 3 is 2.39 bits per heavy atom. The first-order valence-electron chi connectivity index (χ1n) is 7.64. The van der Waals surface area contributed by atoms with Gasteiger partial charge < -0.3 is 20.1 Å². The molecule has 0 aliphatic carbocycles. The summed E-state index contributed by atoms with van der Waals surface area (Å²) in [5.74, 6) is 1.74. The zero-order valence-electron chi connectivity index (χ0n) is 13.2. The largest absolute Gasteiger partial charge is 0.497 e. The Bertz CT molecular complexity index is 588. The number of para-hydroxylation sites is 1. The highest BCUT2D eigenvalue weighted by atomic mass is 32.1. The Morgan fingerprint density at radius 2 is 1.70 bits per heavy atom. The first-order chi connectivity index (χ1) is 11.3. The number of hydrogen-bond donors (Lipinski definition) is 2. The molecule has 122 valence electrons. The highest BCUT2D eigenvalue weighted by Gasteiger charge is 1.98. The van der Waals surface area contributed by atoms with Crippen molar-refractivity contribution in [3.05, 3.63) is 54.6 Å². The van der Waals surface area contributed by atoms with Crippen LogP contribution in [-0.4, -0.2) is 25.4 Å². The van der Waals surface area contributed by atoms with Crippen LogP contribution in [0.15, 0.2) is 54.6 Å². The number of methoxy groups -OCH3 is 1. The maximum absolute atomic E-state index is 5.64. The van der Waals surface area contributed by atoms with E-state index in [2.05, 4.69) is 10.6 Å². The molecule has 0 aromatic heterocycles. The van der Waals surface area contributed by atoms with Gasteiger partial charge in [-0.25, -0.2) is 0 Å². The minimum absolute atomic E-state index is 0.624. The fourth-order valence-corrected chi connectivity index (χ4v) is 2.21. The van der Waals surface area contributed by atoms with Crippen LogP contribution in [-0.2, 0) is 0 Å². The SMILES string of the molecule is COc1ccc(NC(=S)NCCCCOc2ccccc2)cc1. The normalized spacial score (nSPS) is 9.96. The number of thiocarbonyl (C=S) groups is 1. The lowest BCUT2D eigenvalue weighted by Crippen LogP contribution is -2.29. The fraction of sp³-hybridized carbons (Fsp3) is 0.278. The summed E-state index contributed by atoms with van der Waals surface area (Å²) in [4.78, 5) is 0. The topological polar surface area (TPSA) is 42.5 Å². The summed E-state index contributed by atoms with van der Waals surface area (Å²) in [5, 5.41) is 6.96. The van der Waals surface area contributed by atoms with E-state index in [-0.39, 0.29) is 0 Å². The van der Waals surface area contributed by atoms with Crippen molar-refractivity contribution in [3.8, 4) is 11.5 Å². The van der Waals surface area contributed by atoms with E-state index >= 15 is 0 Å². The van der Waals surface area contributed by atoms with E-state index in [1.807, 2.05) is 54.6 Å². The quantitative estimate of drug-likeness (QED) is 0.569. The Balaban J connectivity index is 1.56. The molecule has 2 N–H and O–H groups in total. The third kappa shape index (κ3) is 6.57. The fourth-order valence-electron chi connectivity index (χ4n) is 1.99. The van der Waals surface area contributed by atoms with Crippen molar-refractivity contribution in [1.82, 2.24) is 5.32 Å². The average Bonchev–Trinajstić information content (AvgIpc) is 2.59. The van der Waals surface area contributed by atoms with Gasteiger partial charge in [0.05, 0.1) is 13.7 Å². The second-order valence-corrected chi connectivity index (χ2v) is 5.39. The standard InChI is InChI=1S/C18H22N2O2S/c1-21-16-11-9-15(10-12-16)20-18(23)19-13-5-6-14-22-17-7-3-2-4-8-17/h2-4,7-12H,5-6,13-14H2,1H3,(H2,19,20,23). The van der Waals surface area contributed by atoms with Gasteiger partial charge in [0.15, 0.2) is 5.11 Å². The summed E-state index contributed by atoms with van der Waals surface area (Å²) in [5.41, 5.74) is 0.940. The molecule has 2 aromatic carbocycles. The number of hydrogen-bond acceptors (Lipinski definition) is 3. The van der Waals surface area contributed by atoms with Gasteiger partial charge in [0, 0.05) is 12.2 Å². The van der Waals surface area contributed by atoms with Gasteiger partial charge in [-0.3, -0.25) is 0 Å². The molecule has 0 amide bonds. The molecule has 0 aliphatic heterocycles. The summed E-state index contributed by atoms with van der Waals surface area (Å²) in [6.45, 7) is 1.53. The average molecular weight is 330 g/mol. The van der Waals surface area contributed by atoms with Gasteiger partial charge in [-0.1, -0.05) is 18.2 Å². The summed E-state index contributed by atoms with van der Waals surface area (Å²) in [6, 6.07) is 17.5. The number of anilines is 1. The van der Waals surface area contributed by atoms with E-state index in [0.717, 1.165) is 36.6 Å². The molecule has 0 spiro atoms. The molecule has 0 aliphatic rings. The summed E-state index contributed by atoms with van der Waals surface area (Å²) < 4.78 is 10.8. The van der Waals surface area contributed by atoms with Crippen molar-refractivity contribution in [1.29, 1.82) is 0 Å². The lowest BCUT2D eigenvalue weighted by Gasteiger charge is -2.11. The third-order valence-corrected chi connectivity index (χ3v) is 3.46. The smallest absolute Gasteiger partial charge is 0.170 e. The first kappa shape index (κ1) is 17.1. The number of benzene rings is 2. The molecular formula is C18H22N2O2S. The molecule has 0 radical (unpaired) electrons. The molecular weight excluding hydrogens is 308 g/mol. The minimum Gasteiger partial charge on any atom is -0.497 e.